The average Bonchev–Trinajstić information content (AvgIpc) is 2.38. The maximum Gasteiger partial charge on any atom is 0.433 e. The summed E-state index contributed by atoms with van der Waals surface area (Å²) >= 11 is 0. The summed E-state index contributed by atoms with van der Waals surface area (Å²) in [6, 6.07) is 8.18. The predicted molar refractivity (Wildman–Crippen MR) is 84.9 cm³/mol. The van der Waals surface area contributed by atoms with Gasteiger partial charge in [0.1, 0.15) is 5.82 Å². The van der Waals surface area contributed by atoms with Gasteiger partial charge in [-0.15, -0.1) is 0 Å². The van der Waals surface area contributed by atoms with Gasteiger partial charge in [-0.1, -0.05) is 17.7 Å². The van der Waals surface area contributed by atoms with E-state index < -0.39 is 17.4 Å². The van der Waals surface area contributed by atoms with Crippen LogP contribution in [0.3, 0.4) is 0 Å². The monoisotopic (exact) mass is 324 g/mol. The van der Waals surface area contributed by atoms with E-state index in [1.54, 1.807) is 12.1 Å². The number of benzene rings is 1. The first-order chi connectivity index (χ1) is 10.5. The normalized spacial score (nSPS) is 12.1. The van der Waals surface area contributed by atoms with Crippen LogP contribution in [0.5, 0.6) is 0 Å². The number of halogens is 3. The van der Waals surface area contributed by atoms with Gasteiger partial charge in [-0.2, -0.15) is 18.2 Å². The van der Waals surface area contributed by atoms with Crippen molar-refractivity contribution < 1.29 is 13.2 Å². The third-order valence-corrected chi connectivity index (χ3v) is 2.83. The SMILES string of the molecule is Cc1ccc(Nc2cc(C(F)(F)F)nc(NC(C)(C)C)n2)cc1. The molecular formula is C16H19F3N4. The van der Waals surface area contributed by atoms with Crippen LogP contribution in [0, 0.1) is 6.92 Å². The number of hydrogen-bond donors (Lipinski definition) is 2. The molecule has 0 unspecified atom stereocenters. The quantitative estimate of drug-likeness (QED) is 0.855. The van der Waals surface area contributed by atoms with Gasteiger partial charge in [-0.3, -0.25) is 0 Å². The van der Waals surface area contributed by atoms with Crippen LogP contribution in [0.4, 0.5) is 30.6 Å². The van der Waals surface area contributed by atoms with E-state index in [9.17, 15) is 13.2 Å². The molecule has 0 aliphatic heterocycles. The Bertz CT molecular complexity index is 673. The highest BCUT2D eigenvalue weighted by Gasteiger charge is 2.34. The van der Waals surface area contributed by atoms with Crippen molar-refractivity contribution in [1.29, 1.82) is 0 Å². The Balaban J connectivity index is 2.37. The maximum absolute atomic E-state index is 13.0. The fraction of sp³-hybridized carbons (Fsp3) is 0.375. The number of alkyl halides is 3. The van der Waals surface area contributed by atoms with Crippen molar-refractivity contribution in [3.63, 3.8) is 0 Å². The summed E-state index contributed by atoms with van der Waals surface area (Å²) in [6.45, 7) is 7.40. The minimum absolute atomic E-state index is 0.0677. The summed E-state index contributed by atoms with van der Waals surface area (Å²) in [5.41, 5.74) is 0.271. The largest absolute Gasteiger partial charge is 0.433 e. The Labute approximate surface area is 133 Å². The first kappa shape index (κ1) is 17.1. The summed E-state index contributed by atoms with van der Waals surface area (Å²) in [5, 5.41) is 5.75. The summed E-state index contributed by atoms with van der Waals surface area (Å²) < 4.78 is 39.1. The molecule has 0 saturated heterocycles. The lowest BCUT2D eigenvalue weighted by atomic mass is 10.1. The Morgan fingerprint density at radius 3 is 2.09 bits per heavy atom. The van der Waals surface area contributed by atoms with Gasteiger partial charge in [0.15, 0.2) is 5.69 Å². The molecule has 0 atom stereocenters. The molecule has 1 aromatic carbocycles. The van der Waals surface area contributed by atoms with Crippen LogP contribution in [0.2, 0.25) is 0 Å². The second-order valence-corrected chi connectivity index (χ2v) is 6.33. The van der Waals surface area contributed by atoms with Crippen LogP contribution < -0.4 is 10.6 Å². The first-order valence-electron chi connectivity index (χ1n) is 7.11. The van der Waals surface area contributed by atoms with Gasteiger partial charge in [0, 0.05) is 17.3 Å². The van der Waals surface area contributed by atoms with Crippen LogP contribution in [0.25, 0.3) is 0 Å². The van der Waals surface area contributed by atoms with Crippen molar-refractivity contribution in [2.75, 3.05) is 10.6 Å². The Hall–Kier alpha value is -2.31. The van der Waals surface area contributed by atoms with Crippen molar-refractivity contribution in [2.45, 2.75) is 39.4 Å². The van der Waals surface area contributed by atoms with Crippen LogP contribution >= 0.6 is 0 Å². The molecule has 1 heterocycles. The number of anilines is 3. The molecule has 2 rings (SSSR count). The highest BCUT2D eigenvalue weighted by Crippen LogP contribution is 2.30. The topological polar surface area (TPSA) is 49.8 Å². The van der Waals surface area contributed by atoms with Crippen molar-refractivity contribution in [1.82, 2.24) is 9.97 Å². The molecule has 0 amide bonds. The van der Waals surface area contributed by atoms with Gasteiger partial charge < -0.3 is 10.6 Å². The van der Waals surface area contributed by atoms with Crippen molar-refractivity contribution in [2.24, 2.45) is 0 Å². The number of aromatic nitrogens is 2. The minimum atomic E-state index is -4.54. The van der Waals surface area contributed by atoms with Crippen LogP contribution in [-0.4, -0.2) is 15.5 Å². The van der Waals surface area contributed by atoms with Crippen molar-refractivity contribution >= 4 is 17.5 Å². The average molecular weight is 324 g/mol. The molecule has 0 aliphatic rings. The highest BCUT2D eigenvalue weighted by atomic mass is 19.4. The molecular weight excluding hydrogens is 305 g/mol. The fourth-order valence-corrected chi connectivity index (χ4v) is 1.83. The van der Waals surface area contributed by atoms with Gasteiger partial charge in [0.05, 0.1) is 0 Å². The predicted octanol–water partition coefficient (Wildman–Crippen LogP) is 4.76. The van der Waals surface area contributed by atoms with E-state index in [0.717, 1.165) is 11.6 Å². The van der Waals surface area contributed by atoms with E-state index in [1.807, 2.05) is 39.8 Å². The zero-order valence-corrected chi connectivity index (χ0v) is 13.4. The molecule has 7 heteroatoms. The second kappa shape index (κ2) is 6.06. The zero-order chi connectivity index (χ0) is 17.3. The first-order valence-corrected chi connectivity index (χ1v) is 7.11. The van der Waals surface area contributed by atoms with Crippen LogP contribution in [0.15, 0.2) is 30.3 Å². The van der Waals surface area contributed by atoms with Gasteiger partial charge in [-0.25, -0.2) is 4.98 Å². The Morgan fingerprint density at radius 2 is 1.57 bits per heavy atom. The molecule has 1 aromatic heterocycles. The number of hydrogen-bond acceptors (Lipinski definition) is 4. The molecule has 0 radical (unpaired) electrons. The van der Waals surface area contributed by atoms with Gasteiger partial charge in [0.2, 0.25) is 5.95 Å². The molecule has 0 fully saturated rings. The summed E-state index contributed by atoms with van der Waals surface area (Å²) in [6.07, 6.45) is -4.54. The van der Waals surface area contributed by atoms with Gasteiger partial charge in [-0.05, 0) is 39.8 Å². The molecule has 0 saturated carbocycles. The third-order valence-electron chi connectivity index (χ3n) is 2.83. The van der Waals surface area contributed by atoms with Crippen LogP contribution in [-0.2, 0) is 6.18 Å². The molecule has 0 spiro atoms. The smallest absolute Gasteiger partial charge is 0.350 e. The molecule has 124 valence electrons. The van der Waals surface area contributed by atoms with E-state index in [4.69, 9.17) is 0 Å². The third kappa shape index (κ3) is 5.12. The summed E-state index contributed by atoms with van der Waals surface area (Å²) in [5.74, 6) is 0.0184. The molecule has 2 N–H and O–H groups in total. The van der Waals surface area contributed by atoms with E-state index in [1.165, 1.54) is 0 Å². The number of nitrogens with one attached hydrogen (secondary N) is 2. The van der Waals surface area contributed by atoms with E-state index >= 15 is 0 Å². The number of nitrogens with zero attached hydrogens (tertiary/aromatic N) is 2. The number of aryl methyl sites for hydroxylation is 1. The summed E-state index contributed by atoms with van der Waals surface area (Å²) in [4.78, 5) is 7.68. The number of rotatable bonds is 3. The van der Waals surface area contributed by atoms with Crippen molar-refractivity contribution in [3.05, 3.63) is 41.6 Å². The van der Waals surface area contributed by atoms with Crippen LogP contribution in [0.1, 0.15) is 32.0 Å². The Kier molecular flexibility index (Phi) is 4.49. The van der Waals surface area contributed by atoms with Gasteiger partial charge in [0.25, 0.3) is 0 Å². The molecule has 0 bridgehead atoms. The molecule has 23 heavy (non-hydrogen) atoms. The lowest BCUT2D eigenvalue weighted by Crippen LogP contribution is -2.28. The molecule has 2 aromatic rings. The lowest BCUT2D eigenvalue weighted by Gasteiger charge is -2.21. The zero-order valence-electron chi connectivity index (χ0n) is 13.4. The minimum Gasteiger partial charge on any atom is -0.350 e. The highest BCUT2D eigenvalue weighted by molar-refractivity contribution is 5.58. The van der Waals surface area contributed by atoms with E-state index in [2.05, 4.69) is 20.6 Å². The second-order valence-electron chi connectivity index (χ2n) is 6.33. The van der Waals surface area contributed by atoms with Gasteiger partial charge >= 0.3 is 6.18 Å². The Morgan fingerprint density at radius 1 is 0.957 bits per heavy atom. The van der Waals surface area contributed by atoms with Crippen molar-refractivity contribution in [3.8, 4) is 0 Å². The lowest BCUT2D eigenvalue weighted by molar-refractivity contribution is -0.141. The summed E-state index contributed by atoms with van der Waals surface area (Å²) in [7, 11) is 0. The maximum atomic E-state index is 13.0. The molecule has 4 nitrogen and oxygen atoms in total. The van der Waals surface area contributed by atoms with E-state index in [0.29, 0.717) is 5.69 Å². The van der Waals surface area contributed by atoms with E-state index in [-0.39, 0.29) is 11.8 Å². The molecule has 0 aliphatic carbocycles. The standard InChI is InChI=1S/C16H19F3N4/c1-10-5-7-11(8-6-10)20-13-9-12(16(17,18)19)21-14(22-13)23-15(2,3)4/h5-9H,1-4H3,(H2,20,21,22,23). The fourth-order valence-electron chi connectivity index (χ4n) is 1.83.